The smallest absolute Gasteiger partial charge is 0.328 e. The number of carbonyl (C=O) groups is 2. The fraction of sp³-hybridized carbons (Fsp3) is 0.238. The van der Waals surface area contributed by atoms with Crippen LogP contribution in [0.3, 0.4) is 0 Å². The topological polar surface area (TPSA) is 71.6 Å². The first-order chi connectivity index (χ1) is 14.8. The van der Waals surface area contributed by atoms with Gasteiger partial charge in [0.1, 0.15) is 6.04 Å². The van der Waals surface area contributed by atoms with Gasteiger partial charge < -0.3 is 19.4 Å². The van der Waals surface area contributed by atoms with Gasteiger partial charge in [-0.2, -0.15) is 8.78 Å². The summed E-state index contributed by atoms with van der Waals surface area (Å²) >= 11 is 0. The number of fused-ring (bicyclic) bond motifs is 3. The monoisotopic (exact) mass is 436 g/mol. The quantitative estimate of drug-likeness (QED) is 0.387. The maximum Gasteiger partial charge on any atom is 0.328 e. The third kappa shape index (κ3) is 3.58. The number of methoxy groups -OCH3 is 1. The maximum atomic E-state index is 13.8. The summed E-state index contributed by atoms with van der Waals surface area (Å²) in [4.78, 5) is 29.4. The molecule has 1 amide bonds. The molecule has 162 valence electrons. The SMILES string of the molecule is COC(=O)[C@@H]1Cc2c([nH]c3ccccc23)CN1C(=O)COc1c(F)c(F)cc(F)c1F. The predicted octanol–water partition coefficient (Wildman–Crippen LogP) is 3.23. The van der Waals surface area contributed by atoms with Gasteiger partial charge in [0.25, 0.3) is 5.91 Å². The zero-order valence-electron chi connectivity index (χ0n) is 16.2. The number of halogens is 4. The standard InChI is InChI=1S/C21H16F4N2O4/c1-30-21(29)16-6-11-10-4-2-3-5-14(10)26-15(11)8-27(16)17(28)9-31-20-18(24)12(22)7-13(23)19(20)25/h2-5,7,16,26H,6,8-9H2,1H3/t16-/m0/s1. The van der Waals surface area contributed by atoms with Gasteiger partial charge in [-0.25, -0.2) is 13.6 Å². The van der Waals surface area contributed by atoms with E-state index >= 15 is 0 Å². The van der Waals surface area contributed by atoms with Crippen LogP contribution >= 0.6 is 0 Å². The Labute approximate surface area is 173 Å². The second kappa shape index (κ2) is 7.93. The van der Waals surface area contributed by atoms with Gasteiger partial charge in [-0.15, -0.1) is 0 Å². The summed E-state index contributed by atoms with van der Waals surface area (Å²) in [6.45, 7) is -0.964. The molecule has 6 nitrogen and oxygen atoms in total. The Hall–Kier alpha value is -3.56. The van der Waals surface area contributed by atoms with E-state index in [0.717, 1.165) is 21.4 Å². The van der Waals surface area contributed by atoms with E-state index in [0.29, 0.717) is 5.69 Å². The lowest BCUT2D eigenvalue weighted by atomic mass is 9.96. The van der Waals surface area contributed by atoms with Gasteiger partial charge in [-0.05, 0) is 11.6 Å². The van der Waals surface area contributed by atoms with E-state index in [1.165, 1.54) is 7.11 Å². The molecule has 0 aliphatic carbocycles. The van der Waals surface area contributed by atoms with Crippen LogP contribution in [0.15, 0.2) is 30.3 Å². The first-order valence-electron chi connectivity index (χ1n) is 9.23. The lowest BCUT2D eigenvalue weighted by Crippen LogP contribution is -2.50. The number of hydrogen-bond donors (Lipinski definition) is 1. The van der Waals surface area contributed by atoms with Crippen LogP contribution in [-0.4, -0.2) is 41.5 Å². The summed E-state index contributed by atoms with van der Waals surface area (Å²) < 4.78 is 63.9. The Morgan fingerprint density at radius 3 is 2.48 bits per heavy atom. The highest BCUT2D eigenvalue weighted by atomic mass is 19.2. The third-order valence-electron chi connectivity index (χ3n) is 5.21. The molecule has 1 aromatic heterocycles. The lowest BCUT2D eigenvalue weighted by molar-refractivity contribution is -0.154. The Balaban J connectivity index is 1.61. The van der Waals surface area contributed by atoms with Crippen molar-refractivity contribution in [1.82, 2.24) is 9.88 Å². The van der Waals surface area contributed by atoms with Gasteiger partial charge in [-0.3, -0.25) is 4.79 Å². The van der Waals surface area contributed by atoms with Crippen LogP contribution in [0.4, 0.5) is 17.6 Å². The number of amides is 1. The van der Waals surface area contributed by atoms with Crippen LogP contribution in [-0.2, 0) is 27.3 Å². The van der Waals surface area contributed by atoms with Crippen LogP contribution in [0, 0.1) is 23.3 Å². The van der Waals surface area contributed by atoms with Crippen LogP contribution in [0.5, 0.6) is 5.75 Å². The van der Waals surface area contributed by atoms with E-state index in [-0.39, 0.29) is 19.0 Å². The summed E-state index contributed by atoms with van der Waals surface area (Å²) in [6.07, 6.45) is 0.148. The number of H-pyrrole nitrogens is 1. The molecule has 0 spiro atoms. The number of carbonyl (C=O) groups excluding carboxylic acids is 2. The molecular weight excluding hydrogens is 420 g/mol. The largest absolute Gasteiger partial charge is 0.477 e. The van der Waals surface area contributed by atoms with E-state index in [1.54, 1.807) is 0 Å². The molecular formula is C21H16F4N2O4. The van der Waals surface area contributed by atoms with E-state index < -0.39 is 53.5 Å². The number of para-hydroxylation sites is 1. The van der Waals surface area contributed by atoms with Crippen molar-refractivity contribution >= 4 is 22.8 Å². The number of benzene rings is 2. The number of nitrogens with zero attached hydrogens (tertiary/aromatic N) is 1. The molecule has 2 aromatic carbocycles. The molecule has 0 saturated carbocycles. The minimum absolute atomic E-state index is 0.0194. The van der Waals surface area contributed by atoms with Crippen LogP contribution < -0.4 is 4.74 Å². The van der Waals surface area contributed by atoms with E-state index in [9.17, 15) is 27.2 Å². The van der Waals surface area contributed by atoms with E-state index in [1.807, 2.05) is 24.3 Å². The number of esters is 1. The van der Waals surface area contributed by atoms with Crippen molar-refractivity contribution < 1.29 is 36.6 Å². The number of aromatic amines is 1. The Bertz CT molecular complexity index is 1170. The third-order valence-corrected chi connectivity index (χ3v) is 5.21. The molecule has 1 aliphatic heterocycles. The number of ether oxygens (including phenoxy) is 2. The first kappa shape index (κ1) is 20.7. The number of aromatic nitrogens is 1. The molecule has 1 aliphatic rings. The molecule has 1 N–H and O–H groups in total. The van der Waals surface area contributed by atoms with Crippen molar-refractivity contribution in [3.63, 3.8) is 0 Å². The molecule has 1 atom stereocenters. The van der Waals surface area contributed by atoms with Gasteiger partial charge >= 0.3 is 5.97 Å². The highest BCUT2D eigenvalue weighted by Crippen LogP contribution is 2.31. The summed E-state index contributed by atoms with van der Waals surface area (Å²) in [6, 6.07) is 6.43. The van der Waals surface area contributed by atoms with Gasteiger partial charge in [0.05, 0.1) is 13.7 Å². The fourth-order valence-electron chi connectivity index (χ4n) is 3.71. The van der Waals surface area contributed by atoms with Crippen molar-refractivity contribution in [2.24, 2.45) is 0 Å². The highest BCUT2D eigenvalue weighted by molar-refractivity contribution is 5.90. The van der Waals surface area contributed by atoms with Gasteiger partial charge in [0.2, 0.25) is 11.6 Å². The summed E-state index contributed by atoms with van der Waals surface area (Å²) in [7, 11) is 1.17. The van der Waals surface area contributed by atoms with Crippen molar-refractivity contribution in [3.05, 3.63) is 64.9 Å². The molecule has 0 fully saturated rings. The van der Waals surface area contributed by atoms with Gasteiger partial charge in [-0.1, -0.05) is 18.2 Å². The molecule has 2 heterocycles. The summed E-state index contributed by atoms with van der Waals surface area (Å²) in [5.74, 6) is -9.67. The fourth-order valence-corrected chi connectivity index (χ4v) is 3.71. The number of hydrogen-bond acceptors (Lipinski definition) is 4. The van der Waals surface area contributed by atoms with Gasteiger partial charge in [0.15, 0.2) is 24.0 Å². The van der Waals surface area contributed by atoms with Crippen LogP contribution in [0.2, 0.25) is 0 Å². The molecule has 3 aromatic rings. The Morgan fingerprint density at radius 1 is 1.13 bits per heavy atom. The molecule has 0 unspecified atom stereocenters. The van der Waals surface area contributed by atoms with Crippen LogP contribution in [0.25, 0.3) is 10.9 Å². The zero-order chi connectivity index (χ0) is 22.3. The van der Waals surface area contributed by atoms with Crippen molar-refractivity contribution in [2.45, 2.75) is 19.0 Å². The first-order valence-corrected chi connectivity index (χ1v) is 9.23. The summed E-state index contributed by atoms with van der Waals surface area (Å²) in [5.41, 5.74) is 2.35. The molecule has 31 heavy (non-hydrogen) atoms. The molecule has 10 heteroatoms. The lowest BCUT2D eigenvalue weighted by Gasteiger charge is -2.33. The van der Waals surface area contributed by atoms with Crippen molar-refractivity contribution in [3.8, 4) is 5.75 Å². The molecule has 0 saturated heterocycles. The number of rotatable bonds is 4. The minimum atomic E-state index is -1.76. The van der Waals surface area contributed by atoms with E-state index in [4.69, 9.17) is 9.47 Å². The second-order valence-electron chi connectivity index (χ2n) is 6.98. The Morgan fingerprint density at radius 2 is 1.81 bits per heavy atom. The predicted molar refractivity (Wildman–Crippen MR) is 100 cm³/mol. The number of nitrogens with one attached hydrogen (secondary N) is 1. The van der Waals surface area contributed by atoms with Crippen LogP contribution in [0.1, 0.15) is 11.3 Å². The van der Waals surface area contributed by atoms with Gasteiger partial charge in [0, 0.05) is 29.1 Å². The second-order valence-corrected chi connectivity index (χ2v) is 6.98. The summed E-state index contributed by atoms with van der Waals surface area (Å²) in [5, 5.41) is 0.897. The minimum Gasteiger partial charge on any atom is -0.477 e. The average molecular weight is 436 g/mol. The normalized spacial score (nSPS) is 15.6. The molecule has 0 radical (unpaired) electrons. The van der Waals surface area contributed by atoms with E-state index in [2.05, 4.69) is 4.98 Å². The van der Waals surface area contributed by atoms with Crippen molar-refractivity contribution in [1.29, 1.82) is 0 Å². The highest BCUT2D eigenvalue weighted by Gasteiger charge is 2.37. The average Bonchev–Trinajstić information content (AvgIpc) is 3.13. The zero-order valence-corrected chi connectivity index (χ0v) is 16.2. The maximum absolute atomic E-state index is 13.8. The Kier molecular flexibility index (Phi) is 5.30. The van der Waals surface area contributed by atoms with Crippen molar-refractivity contribution in [2.75, 3.05) is 13.7 Å². The molecule has 0 bridgehead atoms. The molecule has 4 rings (SSSR count).